The second-order valence-electron chi connectivity index (χ2n) is 5.08. The number of amides is 1. The molecular formula is C13H22ClN3O3S. The fourth-order valence-electron chi connectivity index (χ4n) is 1.87. The van der Waals surface area contributed by atoms with Gasteiger partial charge in [0.15, 0.2) is 0 Å². The van der Waals surface area contributed by atoms with Crippen molar-refractivity contribution in [1.29, 1.82) is 0 Å². The molecule has 5 N–H and O–H groups in total. The molecule has 0 saturated heterocycles. The first kappa shape index (κ1) is 19.9. The van der Waals surface area contributed by atoms with Crippen LogP contribution in [0.5, 0.6) is 0 Å². The highest BCUT2D eigenvalue weighted by Gasteiger charge is 2.20. The smallest absolute Gasteiger partial charge is 0.248 e. The lowest BCUT2D eigenvalue weighted by Crippen LogP contribution is -2.41. The third-order valence-electron chi connectivity index (χ3n) is 2.79. The van der Waals surface area contributed by atoms with Crippen molar-refractivity contribution in [2.24, 2.45) is 17.4 Å². The van der Waals surface area contributed by atoms with E-state index in [1.807, 2.05) is 13.8 Å². The Morgan fingerprint density at radius 2 is 1.95 bits per heavy atom. The van der Waals surface area contributed by atoms with Gasteiger partial charge in [-0.05, 0) is 30.5 Å². The first-order chi connectivity index (χ1) is 9.26. The maximum Gasteiger partial charge on any atom is 0.248 e. The molecule has 1 aromatic carbocycles. The molecule has 0 spiro atoms. The number of benzene rings is 1. The highest BCUT2D eigenvalue weighted by Crippen LogP contribution is 2.13. The van der Waals surface area contributed by atoms with Crippen molar-refractivity contribution < 1.29 is 13.2 Å². The molecule has 1 amide bonds. The van der Waals surface area contributed by atoms with Gasteiger partial charge in [0.1, 0.15) is 0 Å². The number of hydrogen-bond donors (Lipinski definition) is 3. The second kappa shape index (κ2) is 8.33. The molecule has 6 nitrogen and oxygen atoms in total. The van der Waals surface area contributed by atoms with Crippen molar-refractivity contribution in [3.63, 3.8) is 0 Å². The Hall–Kier alpha value is -1.15. The van der Waals surface area contributed by atoms with Gasteiger partial charge in [0.25, 0.3) is 0 Å². The minimum Gasteiger partial charge on any atom is -0.366 e. The molecule has 0 aliphatic carbocycles. The zero-order valence-corrected chi connectivity index (χ0v) is 13.7. The van der Waals surface area contributed by atoms with E-state index in [0.29, 0.717) is 12.3 Å². The Morgan fingerprint density at radius 1 is 1.33 bits per heavy atom. The molecule has 0 aliphatic rings. The second-order valence-corrected chi connectivity index (χ2v) is 6.79. The minimum absolute atomic E-state index is 0. The number of carbonyl (C=O) groups is 1. The number of nitrogens with two attached hydrogens (primary N) is 2. The topological polar surface area (TPSA) is 115 Å². The van der Waals surface area contributed by atoms with E-state index in [9.17, 15) is 13.2 Å². The molecule has 1 aromatic rings. The Bertz CT molecular complexity index is 576. The Morgan fingerprint density at radius 3 is 2.43 bits per heavy atom. The van der Waals surface area contributed by atoms with E-state index in [0.717, 1.165) is 0 Å². The summed E-state index contributed by atoms with van der Waals surface area (Å²) in [4.78, 5) is 11.1. The fraction of sp³-hybridized carbons (Fsp3) is 0.462. The average molecular weight is 336 g/mol. The minimum atomic E-state index is -3.71. The number of carbonyl (C=O) groups excluding carboxylic acids is 1. The van der Waals surface area contributed by atoms with E-state index >= 15 is 0 Å². The van der Waals surface area contributed by atoms with Gasteiger partial charge in [-0.2, -0.15) is 0 Å². The molecular weight excluding hydrogens is 314 g/mol. The summed E-state index contributed by atoms with van der Waals surface area (Å²) in [6, 6.07) is 5.28. The Kier molecular flexibility index (Phi) is 7.87. The highest BCUT2D eigenvalue weighted by molar-refractivity contribution is 7.89. The SMILES string of the molecule is CC(C)CC(CN)NS(=O)(=O)c1cccc(C(N)=O)c1.Cl. The lowest BCUT2D eigenvalue weighted by Gasteiger charge is -2.19. The van der Waals surface area contributed by atoms with Crippen molar-refractivity contribution in [3.8, 4) is 0 Å². The first-order valence-electron chi connectivity index (χ1n) is 6.38. The lowest BCUT2D eigenvalue weighted by atomic mass is 10.1. The molecule has 0 aliphatic heterocycles. The van der Waals surface area contributed by atoms with Crippen LogP contribution < -0.4 is 16.2 Å². The summed E-state index contributed by atoms with van der Waals surface area (Å²) in [5.41, 5.74) is 10.9. The summed E-state index contributed by atoms with van der Waals surface area (Å²) in [7, 11) is -3.71. The number of hydrogen-bond acceptors (Lipinski definition) is 4. The van der Waals surface area contributed by atoms with Gasteiger partial charge in [-0.3, -0.25) is 4.79 Å². The molecule has 0 fully saturated rings. The van der Waals surface area contributed by atoms with Crippen LogP contribution in [0.4, 0.5) is 0 Å². The van der Waals surface area contributed by atoms with Crippen LogP contribution in [0.2, 0.25) is 0 Å². The van der Waals surface area contributed by atoms with Crippen molar-refractivity contribution in [2.45, 2.75) is 31.2 Å². The quantitative estimate of drug-likeness (QED) is 0.685. The van der Waals surface area contributed by atoms with E-state index in [2.05, 4.69) is 4.72 Å². The number of nitrogens with one attached hydrogen (secondary N) is 1. The normalized spacial score (nSPS) is 12.8. The number of sulfonamides is 1. The van der Waals surface area contributed by atoms with Gasteiger partial charge < -0.3 is 11.5 Å². The molecule has 21 heavy (non-hydrogen) atoms. The van der Waals surface area contributed by atoms with Crippen LogP contribution in [-0.4, -0.2) is 26.9 Å². The van der Waals surface area contributed by atoms with E-state index < -0.39 is 15.9 Å². The largest absolute Gasteiger partial charge is 0.366 e. The van der Waals surface area contributed by atoms with Crippen molar-refractivity contribution in [3.05, 3.63) is 29.8 Å². The van der Waals surface area contributed by atoms with Crippen LogP contribution >= 0.6 is 12.4 Å². The molecule has 8 heteroatoms. The predicted octanol–water partition coefficient (Wildman–Crippen LogP) is 0.859. The fourth-order valence-corrected chi connectivity index (χ4v) is 3.17. The van der Waals surface area contributed by atoms with E-state index in [1.54, 1.807) is 0 Å². The van der Waals surface area contributed by atoms with Crippen LogP contribution in [0.3, 0.4) is 0 Å². The standard InChI is InChI=1S/C13H21N3O3S.ClH/c1-9(2)6-11(8-14)16-20(18,19)12-5-3-4-10(7-12)13(15)17;/h3-5,7,9,11,16H,6,8,14H2,1-2H3,(H2,15,17);1H. The molecule has 0 bridgehead atoms. The van der Waals surface area contributed by atoms with Gasteiger partial charge in [-0.1, -0.05) is 19.9 Å². The highest BCUT2D eigenvalue weighted by atomic mass is 35.5. The maximum absolute atomic E-state index is 12.2. The maximum atomic E-state index is 12.2. The van der Waals surface area contributed by atoms with E-state index in [4.69, 9.17) is 11.5 Å². The summed E-state index contributed by atoms with van der Waals surface area (Å²) in [6.45, 7) is 4.20. The average Bonchev–Trinajstić information content (AvgIpc) is 2.37. The Labute approximate surface area is 131 Å². The van der Waals surface area contributed by atoms with Crippen LogP contribution in [0.25, 0.3) is 0 Å². The van der Waals surface area contributed by atoms with Crippen molar-refractivity contribution >= 4 is 28.3 Å². The van der Waals surface area contributed by atoms with Crippen molar-refractivity contribution in [2.75, 3.05) is 6.54 Å². The van der Waals surface area contributed by atoms with Gasteiger partial charge in [0.05, 0.1) is 4.90 Å². The number of primary amides is 1. The van der Waals surface area contributed by atoms with Gasteiger partial charge >= 0.3 is 0 Å². The third kappa shape index (κ3) is 6.01. The number of halogens is 1. The third-order valence-corrected chi connectivity index (χ3v) is 4.31. The lowest BCUT2D eigenvalue weighted by molar-refractivity contribution is 0.1000. The molecule has 0 heterocycles. The summed E-state index contributed by atoms with van der Waals surface area (Å²) in [6.07, 6.45) is 0.644. The van der Waals surface area contributed by atoms with Gasteiger partial charge in [-0.15, -0.1) is 12.4 Å². The summed E-state index contributed by atoms with van der Waals surface area (Å²) < 4.78 is 27.0. The Balaban J connectivity index is 0.00000400. The number of rotatable bonds is 7. The summed E-state index contributed by atoms with van der Waals surface area (Å²) >= 11 is 0. The monoisotopic (exact) mass is 335 g/mol. The first-order valence-corrected chi connectivity index (χ1v) is 7.87. The zero-order chi connectivity index (χ0) is 15.3. The van der Waals surface area contributed by atoms with Gasteiger partial charge in [0.2, 0.25) is 15.9 Å². The summed E-state index contributed by atoms with van der Waals surface area (Å²) in [5, 5.41) is 0. The zero-order valence-electron chi connectivity index (χ0n) is 12.1. The van der Waals surface area contributed by atoms with Gasteiger partial charge in [-0.25, -0.2) is 13.1 Å². The van der Waals surface area contributed by atoms with Crippen LogP contribution in [0, 0.1) is 5.92 Å². The summed E-state index contributed by atoms with van der Waals surface area (Å²) in [5.74, 6) is -0.345. The van der Waals surface area contributed by atoms with E-state index in [-0.39, 0.29) is 35.5 Å². The molecule has 1 atom stereocenters. The van der Waals surface area contributed by atoms with Crippen LogP contribution in [0.1, 0.15) is 30.6 Å². The molecule has 120 valence electrons. The van der Waals surface area contributed by atoms with Crippen LogP contribution in [-0.2, 0) is 10.0 Å². The molecule has 1 rings (SSSR count). The van der Waals surface area contributed by atoms with E-state index in [1.165, 1.54) is 24.3 Å². The van der Waals surface area contributed by atoms with Crippen molar-refractivity contribution in [1.82, 2.24) is 4.72 Å². The molecule has 0 saturated carbocycles. The van der Waals surface area contributed by atoms with Gasteiger partial charge in [0, 0.05) is 18.2 Å². The molecule has 0 radical (unpaired) electrons. The van der Waals surface area contributed by atoms with Crippen LogP contribution in [0.15, 0.2) is 29.2 Å². The predicted molar refractivity (Wildman–Crippen MR) is 84.8 cm³/mol. The molecule has 0 aromatic heterocycles. The molecule has 1 unspecified atom stereocenters.